The Kier molecular flexibility index (Phi) is 13.8. The molecule has 0 aromatic heterocycles. The first-order valence-corrected chi connectivity index (χ1v) is 13.1. The number of hydrogen-bond donors (Lipinski definition) is 3. The van der Waals surface area contributed by atoms with E-state index < -0.39 is 35.7 Å². The number of carboxylic acid groups (broad SMARTS) is 2. The topological polar surface area (TPSA) is 104 Å². The molecule has 1 amide bonds. The van der Waals surface area contributed by atoms with Gasteiger partial charge in [-0.25, -0.2) is 4.79 Å². The van der Waals surface area contributed by atoms with Crippen LogP contribution < -0.4 is 5.32 Å². The van der Waals surface area contributed by atoms with Crippen LogP contribution in [0, 0.1) is 11.8 Å². The highest BCUT2D eigenvalue weighted by Crippen LogP contribution is 2.30. The minimum absolute atomic E-state index is 0.249. The highest BCUT2D eigenvalue weighted by molar-refractivity contribution is 7.99. The first kappa shape index (κ1) is 29.0. The molecule has 0 bridgehead atoms. The van der Waals surface area contributed by atoms with Gasteiger partial charge in [0, 0.05) is 11.5 Å². The first-order chi connectivity index (χ1) is 15.6. The zero-order chi connectivity index (χ0) is 24.8. The van der Waals surface area contributed by atoms with Gasteiger partial charge in [0.2, 0.25) is 5.91 Å². The molecule has 0 aromatic rings. The van der Waals surface area contributed by atoms with Crippen molar-refractivity contribution >= 4 is 29.6 Å². The van der Waals surface area contributed by atoms with Gasteiger partial charge in [-0.05, 0) is 66.2 Å². The van der Waals surface area contributed by atoms with Crippen LogP contribution in [0.1, 0.15) is 79.1 Å². The van der Waals surface area contributed by atoms with Crippen molar-refractivity contribution in [1.82, 2.24) is 5.32 Å². The van der Waals surface area contributed by atoms with Gasteiger partial charge in [0.1, 0.15) is 6.04 Å². The van der Waals surface area contributed by atoms with Crippen LogP contribution in [-0.4, -0.2) is 45.6 Å². The summed E-state index contributed by atoms with van der Waals surface area (Å²) < 4.78 is 0. The summed E-state index contributed by atoms with van der Waals surface area (Å²) in [5.74, 6) is -2.97. The van der Waals surface area contributed by atoms with Crippen molar-refractivity contribution in [2.45, 2.75) is 85.1 Å². The van der Waals surface area contributed by atoms with E-state index in [9.17, 15) is 24.6 Å². The third kappa shape index (κ3) is 12.1. The zero-order valence-electron chi connectivity index (χ0n) is 20.6. The Morgan fingerprint density at radius 1 is 0.909 bits per heavy atom. The summed E-state index contributed by atoms with van der Waals surface area (Å²) in [6.45, 7) is 8.48. The second-order valence-corrected chi connectivity index (χ2v) is 10.3. The van der Waals surface area contributed by atoms with Crippen LogP contribution in [0.15, 0.2) is 34.9 Å². The summed E-state index contributed by atoms with van der Waals surface area (Å²) in [6.07, 6.45) is 13.3. The van der Waals surface area contributed by atoms with Crippen LogP contribution in [0.25, 0.3) is 0 Å². The monoisotopic (exact) mass is 479 g/mol. The van der Waals surface area contributed by atoms with Gasteiger partial charge in [0.05, 0.1) is 11.8 Å². The average Bonchev–Trinajstić information content (AvgIpc) is 2.75. The Balaban J connectivity index is 2.43. The lowest BCUT2D eigenvalue weighted by molar-refractivity contribution is -0.149. The van der Waals surface area contributed by atoms with E-state index >= 15 is 0 Å². The Bertz CT molecular complexity index is 752. The minimum Gasteiger partial charge on any atom is -0.481 e. The molecule has 0 aromatic carbocycles. The number of amides is 1. The fourth-order valence-corrected chi connectivity index (χ4v) is 4.92. The largest absolute Gasteiger partial charge is 0.481 e. The molecule has 0 saturated heterocycles. The molecule has 1 fully saturated rings. The molecule has 1 saturated carbocycles. The number of hydrogen-bond acceptors (Lipinski definition) is 4. The number of aliphatic carboxylic acids is 2. The third-order valence-corrected chi connectivity index (χ3v) is 6.96. The number of carbonyl (C=O) groups is 3. The van der Waals surface area contributed by atoms with Crippen molar-refractivity contribution in [2.75, 3.05) is 11.5 Å². The summed E-state index contributed by atoms with van der Waals surface area (Å²) >= 11 is 1.46. The lowest BCUT2D eigenvalue weighted by atomic mass is 9.78. The number of carbonyl (C=O) groups excluding carboxylic acids is 1. The second-order valence-electron chi connectivity index (χ2n) is 9.23. The van der Waals surface area contributed by atoms with Gasteiger partial charge >= 0.3 is 11.9 Å². The van der Waals surface area contributed by atoms with Gasteiger partial charge < -0.3 is 15.5 Å². The van der Waals surface area contributed by atoms with Crippen LogP contribution >= 0.6 is 11.8 Å². The molecule has 1 aliphatic rings. The molecule has 7 heteroatoms. The van der Waals surface area contributed by atoms with Gasteiger partial charge in [-0.3, -0.25) is 9.59 Å². The molecule has 6 nitrogen and oxygen atoms in total. The van der Waals surface area contributed by atoms with Crippen molar-refractivity contribution < 1.29 is 24.6 Å². The molecule has 1 rings (SSSR count). The maximum Gasteiger partial charge on any atom is 0.327 e. The normalized spacial score (nSPS) is 20.1. The predicted molar refractivity (Wildman–Crippen MR) is 135 cm³/mol. The van der Waals surface area contributed by atoms with E-state index in [1.165, 1.54) is 28.5 Å². The summed E-state index contributed by atoms with van der Waals surface area (Å²) in [7, 11) is 0. The molecule has 186 valence electrons. The maximum absolute atomic E-state index is 12.6. The fraction of sp³-hybridized carbons (Fsp3) is 0.654. The van der Waals surface area contributed by atoms with Crippen LogP contribution in [0.3, 0.4) is 0 Å². The van der Waals surface area contributed by atoms with E-state index in [-0.39, 0.29) is 5.75 Å². The molecule has 0 spiro atoms. The van der Waals surface area contributed by atoms with Crippen LogP contribution in [0.2, 0.25) is 0 Å². The number of nitrogens with one attached hydrogen (secondary N) is 1. The lowest BCUT2D eigenvalue weighted by Crippen LogP contribution is -2.48. The molecule has 0 unspecified atom stereocenters. The molecule has 3 atom stereocenters. The van der Waals surface area contributed by atoms with Crippen LogP contribution in [-0.2, 0) is 14.4 Å². The average molecular weight is 480 g/mol. The molecule has 3 N–H and O–H groups in total. The predicted octanol–water partition coefficient (Wildman–Crippen LogP) is 5.60. The number of carboxylic acids is 2. The molecular formula is C26H41NO5S. The van der Waals surface area contributed by atoms with E-state index in [4.69, 9.17) is 0 Å². The molecule has 0 heterocycles. The van der Waals surface area contributed by atoms with Crippen molar-refractivity contribution in [3.8, 4) is 0 Å². The fourth-order valence-electron chi connectivity index (χ4n) is 3.92. The summed E-state index contributed by atoms with van der Waals surface area (Å²) in [5.41, 5.74) is 4.01. The van der Waals surface area contributed by atoms with E-state index in [0.29, 0.717) is 18.6 Å². The van der Waals surface area contributed by atoms with Crippen molar-refractivity contribution in [3.63, 3.8) is 0 Å². The van der Waals surface area contributed by atoms with Crippen LogP contribution in [0.5, 0.6) is 0 Å². The van der Waals surface area contributed by atoms with Gasteiger partial charge in [-0.15, -0.1) is 0 Å². The van der Waals surface area contributed by atoms with Crippen molar-refractivity contribution in [2.24, 2.45) is 11.8 Å². The van der Waals surface area contributed by atoms with E-state index in [1.807, 2.05) is 0 Å². The summed E-state index contributed by atoms with van der Waals surface area (Å²) in [6, 6.07) is -1.01. The third-order valence-electron chi connectivity index (χ3n) is 5.99. The van der Waals surface area contributed by atoms with Crippen molar-refractivity contribution in [1.29, 1.82) is 0 Å². The highest BCUT2D eigenvalue weighted by atomic mass is 32.2. The molecule has 0 radical (unpaired) electrons. The Hall–Kier alpha value is -2.02. The van der Waals surface area contributed by atoms with Crippen molar-refractivity contribution in [3.05, 3.63) is 34.9 Å². The number of rotatable bonds is 14. The van der Waals surface area contributed by atoms with E-state index in [0.717, 1.165) is 38.5 Å². The van der Waals surface area contributed by atoms with E-state index in [2.05, 4.69) is 51.2 Å². The molecular weight excluding hydrogens is 438 g/mol. The van der Waals surface area contributed by atoms with Crippen LogP contribution in [0.4, 0.5) is 0 Å². The Labute approximate surface area is 203 Å². The summed E-state index contributed by atoms with van der Waals surface area (Å²) in [5, 5.41) is 21.4. The van der Waals surface area contributed by atoms with Gasteiger partial charge in [0.25, 0.3) is 0 Å². The summed E-state index contributed by atoms with van der Waals surface area (Å²) in [4.78, 5) is 35.6. The molecule has 0 aliphatic heterocycles. The molecule has 33 heavy (non-hydrogen) atoms. The SMILES string of the molecule is CC(C)=CCCC(C)=CCCC(C)=CCSC[C@H](NC(=O)[C@H]1CCCC[C@H]1C(=O)O)C(=O)O. The standard InChI is InChI=1S/C26H41NO5S/c1-18(2)9-7-10-19(3)11-8-12-20(4)15-16-33-17-23(26(31)32)27-24(28)21-13-5-6-14-22(21)25(29)30/h9,11,15,21-23H,5-8,10,12-14,16-17H2,1-4H3,(H,27,28)(H,29,30)(H,31,32)/t21-,22+,23-/m0/s1. The van der Waals surface area contributed by atoms with E-state index in [1.54, 1.807) is 0 Å². The highest BCUT2D eigenvalue weighted by Gasteiger charge is 2.37. The zero-order valence-corrected chi connectivity index (χ0v) is 21.4. The minimum atomic E-state index is -1.09. The Morgan fingerprint density at radius 2 is 1.48 bits per heavy atom. The number of thioether (sulfide) groups is 1. The first-order valence-electron chi connectivity index (χ1n) is 11.9. The quantitative estimate of drug-likeness (QED) is 0.221. The lowest BCUT2D eigenvalue weighted by Gasteiger charge is -2.28. The smallest absolute Gasteiger partial charge is 0.327 e. The molecule has 1 aliphatic carbocycles. The Morgan fingerprint density at radius 3 is 2.06 bits per heavy atom. The second kappa shape index (κ2) is 15.8. The maximum atomic E-state index is 12.6. The van der Waals surface area contributed by atoms with Gasteiger partial charge in [-0.1, -0.05) is 47.8 Å². The van der Waals surface area contributed by atoms with Gasteiger partial charge in [0.15, 0.2) is 0 Å². The van der Waals surface area contributed by atoms with Gasteiger partial charge in [-0.2, -0.15) is 11.8 Å². The number of allylic oxidation sites excluding steroid dienone is 5.